The highest BCUT2D eigenvalue weighted by atomic mass is 35.5. The van der Waals surface area contributed by atoms with Crippen LogP contribution in [0.2, 0.25) is 5.02 Å². The molecule has 4 N–H and O–H groups in total. The van der Waals surface area contributed by atoms with Crippen LogP contribution in [-0.4, -0.2) is 39.0 Å². The van der Waals surface area contributed by atoms with E-state index in [4.69, 9.17) is 22.1 Å². The van der Waals surface area contributed by atoms with Crippen LogP contribution in [0.15, 0.2) is 36.5 Å². The van der Waals surface area contributed by atoms with Crippen molar-refractivity contribution in [2.75, 3.05) is 12.4 Å². The van der Waals surface area contributed by atoms with E-state index in [0.29, 0.717) is 39.3 Å². The molecule has 3 aromatic rings. The number of nitrogens with zero attached hydrogens (tertiary/aromatic N) is 3. The van der Waals surface area contributed by atoms with E-state index >= 15 is 0 Å². The summed E-state index contributed by atoms with van der Waals surface area (Å²) < 4.78 is 5.19. The summed E-state index contributed by atoms with van der Waals surface area (Å²) in [6.45, 7) is 0. The predicted octanol–water partition coefficient (Wildman–Crippen LogP) is 2.77. The monoisotopic (exact) mass is 410 g/mol. The number of pyridine rings is 2. The number of carbonyl (C=O) groups excluding carboxylic acids is 1. The van der Waals surface area contributed by atoms with Crippen molar-refractivity contribution in [3.05, 3.63) is 41.6 Å². The Labute approximate surface area is 171 Å². The van der Waals surface area contributed by atoms with E-state index in [1.165, 1.54) is 0 Å². The van der Waals surface area contributed by atoms with Crippen molar-refractivity contribution in [2.45, 2.75) is 12.5 Å². The number of rotatable bonds is 5. The molecule has 2 bridgehead atoms. The third kappa shape index (κ3) is 2.91. The zero-order valence-corrected chi connectivity index (χ0v) is 16.3. The molecule has 0 spiro atoms. The molecule has 0 aromatic carbocycles. The molecule has 0 saturated heterocycles. The van der Waals surface area contributed by atoms with Crippen molar-refractivity contribution in [2.24, 2.45) is 23.5 Å². The van der Waals surface area contributed by atoms with E-state index in [2.05, 4.69) is 37.4 Å². The summed E-state index contributed by atoms with van der Waals surface area (Å²) in [6, 6.07) is 5.32. The number of fused-ring (bicyclic) bond motifs is 3. The number of amides is 1. The second-order valence-electron chi connectivity index (χ2n) is 7.38. The SMILES string of the molecule is COc1cccc(-c2nc3ncc(Cl)c(N[C@H]4[C@@H](C(N)=O)[C@@H]5C=C[C@@H]4C5)c3[nH]2)n1. The van der Waals surface area contributed by atoms with Gasteiger partial charge in [0.2, 0.25) is 11.8 Å². The number of allylic oxidation sites excluding steroid dienone is 1. The lowest BCUT2D eigenvalue weighted by atomic mass is 9.88. The molecule has 1 amide bonds. The summed E-state index contributed by atoms with van der Waals surface area (Å²) >= 11 is 6.47. The smallest absolute Gasteiger partial charge is 0.223 e. The molecule has 8 nitrogen and oxygen atoms in total. The maximum Gasteiger partial charge on any atom is 0.223 e. The predicted molar refractivity (Wildman–Crippen MR) is 110 cm³/mol. The Morgan fingerprint density at radius 1 is 1.31 bits per heavy atom. The molecule has 148 valence electrons. The first-order chi connectivity index (χ1) is 14.0. The van der Waals surface area contributed by atoms with Crippen LogP contribution in [0.3, 0.4) is 0 Å². The fraction of sp³-hybridized carbons (Fsp3) is 0.300. The summed E-state index contributed by atoms with van der Waals surface area (Å²) in [5.74, 6) is 0.878. The zero-order valence-electron chi connectivity index (χ0n) is 15.6. The number of primary amides is 1. The number of carbonyl (C=O) groups is 1. The lowest BCUT2D eigenvalue weighted by Gasteiger charge is -2.28. The minimum Gasteiger partial charge on any atom is -0.481 e. The van der Waals surface area contributed by atoms with Crippen LogP contribution >= 0.6 is 11.6 Å². The summed E-state index contributed by atoms with van der Waals surface area (Å²) in [4.78, 5) is 28.6. The van der Waals surface area contributed by atoms with E-state index < -0.39 is 0 Å². The average molecular weight is 411 g/mol. The van der Waals surface area contributed by atoms with Gasteiger partial charge in [-0.25, -0.2) is 15.0 Å². The van der Waals surface area contributed by atoms with Crippen LogP contribution in [-0.2, 0) is 4.79 Å². The fourth-order valence-corrected chi connectivity index (χ4v) is 4.63. The van der Waals surface area contributed by atoms with Crippen LogP contribution in [0.4, 0.5) is 5.69 Å². The van der Waals surface area contributed by atoms with Gasteiger partial charge in [-0.1, -0.05) is 29.8 Å². The van der Waals surface area contributed by atoms with Gasteiger partial charge in [0.1, 0.15) is 11.2 Å². The number of imidazole rings is 1. The Balaban J connectivity index is 1.55. The molecular weight excluding hydrogens is 392 g/mol. The number of methoxy groups -OCH3 is 1. The van der Waals surface area contributed by atoms with Crippen molar-refractivity contribution in [1.29, 1.82) is 0 Å². The van der Waals surface area contributed by atoms with Crippen molar-refractivity contribution in [1.82, 2.24) is 19.9 Å². The summed E-state index contributed by atoms with van der Waals surface area (Å²) in [7, 11) is 1.56. The number of aromatic nitrogens is 4. The summed E-state index contributed by atoms with van der Waals surface area (Å²) in [5, 5.41) is 3.91. The highest BCUT2D eigenvalue weighted by molar-refractivity contribution is 6.34. The van der Waals surface area contributed by atoms with Crippen molar-refractivity contribution < 1.29 is 9.53 Å². The number of nitrogens with one attached hydrogen (secondary N) is 2. The first-order valence-electron chi connectivity index (χ1n) is 9.35. The summed E-state index contributed by atoms with van der Waals surface area (Å²) in [6.07, 6.45) is 6.70. The zero-order chi connectivity index (χ0) is 20.1. The molecule has 1 saturated carbocycles. The lowest BCUT2D eigenvalue weighted by Crippen LogP contribution is -2.41. The van der Waals surface area contributed by atoms with E-state index in [1.807, 2.05) is 12.1 Å². The number of hydrogen-bond donors (Lipinski definition) is 3. The highest BCUT2D eigenvalue weighted by Crippen LogP contribution is 2.46. The number of nitrogens with two attached hydrogens (primary N) is 1. The Kier molecular flexibility index (Phi) is 4.16. The molecule has 5 rings (SSSR count). The highest BCUT2D eigenvalue weighted by Gasteiger charge is 2.47. The Hall–Kier alpha value is -3.13. The molecule has 3 aromatic heterocycles. The maximum absolute atomic E-state index is 12.1. The van der Waals surface area contributed by atoms with Gasteiger partial charge in [-0.3, -0.25) is 4.79 Å². The molecule has 29 heavy (non-hydrogen) atoms. The first kappa shape index (κ1) is 17.9. The van der Waals surface area contributed by atoms with Gasteiger partial charge < -0.3 is 20.8 Å². The number of halogens is 1. The molecule has 2 aliphatic rings. The van der Waals surface area contributed by atoms with Gasteiger partial charge in [-0.15, -0.1) is 0 Å². The standard InChI is InChI=1S/C20H19ClN6O2/c1-29-13-4-2-3-12(24-13)19-26-17-16(11(21)8-23-20(17)27-19)25-15-10-6-5-9(7-10)14(15)18(22)28/h2-6,8-10,14-15H,7H2,1H3,(H2,22,28)(H2,23,25,26,27)/t9-,10-,14+,15-/m1/s1. The second kappa shape index (κ2) is 6.73. The van der Waals surface area contributed by atoms with Crippen LogP contribution in [0.25, 0.3) is 22.7 Å². The van der Waals surface area contributed by atoms with E-state index in [9.17, 15) is 4.79 Å². The van der Waals surface area contributed by atoms with Crippen LogP contribution < -0.4 is 15.8 Å². The quantitative estimate of drug-likeness (QED) is 0.556. The van der Waals surface area contributed by atoms with E-state index in [0.717, 1.165) is 6.42 Å². The van der Waals surface area contributed by atoms with E-state index in [1.54, 1.807) is 19.4 Å². The molecule has 2 aliphatic carbocycles. The molecule has 0 radical (unpaired) electrons. The molecule has 3 heterocycles. The van der Waals surface area contributed by atoms with Gasteiger partial charge in [0.15, 0.2) is 11.5 Å². The second-order valence-corrected chi connectivity index (χ2v) is 7.78. The number of aromatic amines is 1. The molecule has 0 unspecified atom stereocenters. The average Bonchev–Trinajstić information content (AvgIpc) is 3.44. The number of ether oxygens (including phenoxy) is 1. The third-order valence-electron chi connectivity index (χ3n) is 5.75. The van der Waals surface area contributed by atoms with Crippen LogP contribution in [0, 0.1) is 17.8 Å². The van der Waals surface area contributed by atoms with Gasteiger partial charge >= 0.3 is 0 Å². The van der Waals surface area contributed by atoms with Crippen molar-refractivity contribution >= 4 is 34.4 Å². The maximum atomic E-state index is 12.1. The largest absolute Gasteiger partial charge is 0.481 e. The number of hydrogen-bond acceptors (Lipinski definition) is 6. The normalized spacial score (nSPS) is 24.9. The minimum atomic E-state index is -0.299. The Morgan fingerprint density at radius 2 is 2.14 bits per heavy atom. The van der Waals surface area contributed by atoms with Crippen molar-refractivity contribution in [3.8, 4) is 17.4 Å². The third-order valence-corrected chi connectivity index (χ3v) is 6.03. The topological polar surface area (TPSA) is 119 Å². The molecule has 0 aliphatic heterocycles. The molecule has 9 heteroatoms. The van der Waals surface area contributed by atoms with Gasteiger partial charge in [-0.2, -0.15) is 0 Å². The molecule has 4 atom stereocenters. The first-order valence-corrected chi connectivity index (χ1v) is 9.72. The van der Waals surface area contributed by atoms with Gasteiger partial charge in [0.05, 0.1) is 29.9 Å². The Morgan fingerprint density at radius 3 is 2.93 bits per heavy atom. The van der Waals surface area contributed by atoms with Gasteiger partial charge in [0, 0.05) is 12.1 Å². The number of anilines is 1. The Bertz CT molecular complexity index is 1140. The molecular formula is C20H19ClN6O2. The number of H-pyrrole nitrogens is 1. The summed E-state index contributed by atoms with van der Waals surface area (Å²) in [5.41, 5.74) is 8.14. The molecule has 1 fully saturated rings. The van der Waals surface area contributed by atoms with Crippen LogP contribution in [0.1, 0.15) is 6.42 Å². The fourth-order valence-electron chi connectivity index (χ4n) is 4.43. The van der Waals surface area contributed by atoms with Crippen LogP contribution in [0.5, 0.6) is 5.88 Å². The minimum absolute atomic E-state index is 0.118. The van der Waals surface area contributed by atoms with Crippen molar-refractivity contribution in [3.63, 3.8) is 0 Å². The lowest BCUT2D eigenvalue weighted by molar-refractivity contribution is -0.122. The van der Waals surface area contributed by atoms with E-state index in [-0.39, 0.29) is 29.7 Å². The van der Waals surface area contributed by atoms with Gasteiger partial charge in [-0.05, 0) is 24.3 Å². The van der Waals surface area contributed by atoms with Gasteiger partial charge in [0.25, 0.3) is 0 Å².